The molecule has 1 aromatic heterocycles. The van der Waals surface area contributed by atoms with Crippen LogP contribution in [0.5, 0.6) is 0 Å². The molecule has 0 aliphatic carbocycles. The SMILES string of the molecule is CC1(C)OB(c2nccc(F)c2Cl)OC1(C)C. The molecule has 0 radical (unpaired) electrons. The van der Waals surface area contributed by atoms with Crippen LogP contribution in [0.15, 0.2) is 12.3 Å². The van der Waals surface area contributed by atoms with Crippen LogP contribution in [0, 0.1) is 5.82 Å². The maximum absolute atomic E-state index is 13.3. The van der Waals surface area contributed by atoms with Crippen molar-refractivity contribution in [3.63, 3.8) is 0 Å². The first-order chi connectivity index (χ1) is 7.74. The molecule has 0 spiro atoms. The zero-order valence-corrected chi connectivity index (χ0v) is 11.0. The Balaban J connectivity index is 2.36. The standard InChI is InChI=1S/C11H14BClFNO2/c1-10(2)11(3,4)17-12(16-10)9-8(13)7(14)5-6-15-9/h5-6H,1-4H3. The van der Waals surface area contributed by atoms with E-state index in [0.29, 0.717) is 0 Å². The molecule has 1 aliphatic heterocycles. The van der Waals surface area contributed by atoms with Gasteiger partial charge in [0.1, 0.15) is 5.82 Å². The molecule has 1 saturated heterocycles. The van der Waals surface area contributed by atoms with Crippen molar-refractivity contribution < 1.29 is 13.7 Å². The minimum atomic E-state index is -0.733. The second-order valence-corrected chi connectivity index (χ2v) is 5.46. The molecular formula is C11H14BClFNO2. The number of rotatable bonds is 1. The van der Waals surface area contributed by atoms with Gasteiger partial charge < -0.3 is 9.31 Å². The lowest BCUT2D eigenvalue weighted by Crippen LogP contribution is -2.41. The molecule has 1 aromatic rings. The molecule has 3 nitrogen and oxygen atoms in total. The van der Waals surface area contributed by atoms with Gasteiger partial charge >= 0.3 is 7.12 Å². The van der Waals surface area contributed by atoms with E-state index in [9.17, 15) is 4.39 Å². The summed E-state index contributed by atoms with van der Waals surface area (Å²) in [5.41, 5.74) is -0.699. The summed E-state index contributed by atoms with van der Waals surface area (Å²) in [6, 6.07) is 1.21. The van der Waals surface area contributed by atoms with Gasteiger partial charge in [0.25, 0.3) is 0 Å². The summed E-state index contributed by atoms with van der Waals surface area (Å²) in [5, 5.41) is -0.0500. The van der Waals surface area contributed by atoms with E-state index in [1.807, 2.05) is 27.7 Å². The number of hydrogen-bond acceptors (Lipinski definition) is 3. The van der Waals surface area contributed by atoms with E-state index < -0.39 is 24.1 Å². The fourth-order valence-electron chi connectivity index (χ4n) is 1.55. The minimum absolute atomic E-state index is 0.0500. The van der Waals surface area contributed by atoms with Crippen LogP contribution in [-0.2, 0) is 9.31 Å². The first-order valence-electron chi connectivity index (χ1n) is 5.40. The smallest absolute Gasteiger partial charge is 0.398 e. The molecule has 1 aliphatic rings. The molecule has 0 aromatic carbocycles. The topological polar surface area (TPSA) is 31.4 Å². The van der Waals surface area contributed by atoms with E-state index >= 15 is 0 Å². The van der Waals surface area contributed by atoms with Gasteiger partial charge in [0.15, 0.2) is 0 Å². The second kappa shape index (κ2) is 3.94. The lowest BCUT2D eigenvalue weighted by molar-refractivity contribution is 0.00578. The summed E-state index contributed by atoms with van der Waals surface area (Å²) in [7, 11) is -0.733. The Morgan fingerprint density at radius 1 is 1.24 bits per heavy atom. The summed E-state index contributed by atoms with van der Waals surface area (Å²) >= 11 is 5.86. The van der Waals surface area contributed by atoms with E-state index in [4.69, 9.17) is 20.9 Å². The Hall–Kier alpha value is -0.645. The third-order valence-corrected chi connectivity index (χ3v) is 3.72. The van der Waals surface area contributed by atoms with E-state index in [1.165, 1.54) is 12.3 Å². The van der Waals surface area contributed by atoms with Crippen LogP contribution in [0.4, 0.5) is 4.39 Å². The van der Waals surface area contributed by atoms with Gasteiger partial charge in [-0.05, 0) is 33.8 Å². The molecule has 2 rings (SSSR count). The van der Waals surface area contributed by atoms with Crippen LogP contribution in [0.3, 0.4) is 0 Å². The summed E-state index contributed by atoms with van der Waals surface area (Å²) in [6.07, 6.45) is 1.35. The predicted molar refractivity (Wildman–Crippen MR) is 64.9 cm³/mol. The zero-order valence-electron chi connectivity index (χ0n) is 10.3. The molecule has 0 bridgehead atoms. The Bertz CT molecular complexity index is 437. The first-order valence-corrected chi connectivity index (χ1v) is 5.78. The van der Waals surface area contributed by atoms with Gasteiger partial charge in [0, 0.05) is 6.20 Å². The van der Waals surface area contributed by atoms with Gasteiger partial charge in [0.2, 0.25) is 0 Å². The highest BCUT2D eigenvalue weighted by atomic mass is 35.5. The Morgan fingerprint density at radius 3 is 2.29 bits per heavy atom. The minimum Gasteiger partial charge on any atom is -0.398 e. The number of pyridine rings is 1. The summed E-state index contributed by atoms with van der Waals surface area (Å²) in [4.78, 5) is 4.03. The van der Waals surface area contributed by atoms with Gasteiger partial charge in [-0.2, -0.15) is 0 Å². The third kappa shape index (κ3) is 2.07. The first kappa shape index (κ1) is 12.8. The zero-order chi connectivity index (χ0) is 12.8. The van der Waals surface area contributed by atoms with E-state index in [-0.39, 0.29) is 10.6 Å². The van der Waals surface area contributed by atoms with Gasteiger partial charge in [-0.1, -0.05) is 11.6 Å². The molecule has 0 amide bonds. The second-order valence-electron chi connectivity index (χ2n) is 5.08. The van der Waals surface area contributed by atoms with Crippen molar-refractivity contribution in [3.05, 3.63) is 23.1 Å². The van der Waals surface area contributed by atoms with Gasteiger partial charge in [-0.25, -0.2) is 4.39 Å². The number of nitrogens with zero attached hydrogens (tertiary/aromatic N) is 1. The predicted octanol–water partition coefficient (Wildman–Crippen LogP) is 2.17. The molecule has 2 heterocycles. The van der Waals surface area contributed by atoms with Crippen molar-refractivity contribution in [2.45, 2.75) is 38.9 Å². The van der Waals surface area contributed by atoms with E-state index in [1.54, 1.807) is 0 Å². The maximum atomic E-state index is 13.3. The van der Waals surface area contributed by atoms with E-state index in [0.717, 1.165) is 0 Å². The van der Waals surface area contributed by atoms with Crippen LogP contribution in [0.25, 0.3) is 0 Å². The third-order valence-electron chi connectivity index (χ3n) is 3.35. The molecular weight excluding hydrogens is 243 g/mol. The molecule has 0 saturated carbocycles. The van der Waals surface area contributed by atoms with Gasteiger partial charge in [-0.15, -0.1) is 0 Å². The van der Waals surface area contributed by atoms with Crippen molar-refractivity contribution in [1.82, 2.24) is 4.98 Å². The normalized spacial score (nSPS) is 21.9. The highest BCUT2D eigenvalue weighted by Gasteiger charge is 2.53. The van der Waals surface area contributed by atoms with Crippen molar-refractivity contribution in [2.24, 2.45) is 0 Å². The lowest BCUT2D eigenvalue weighted by Gasteiger charge is -2.32. The molecule has 0 atom stereocenters. The molecule has 92 valence electrons. The average Bonchev–Trinajstić information content (AvgIpc) is 2.40. The Kier molecular flexibility index (Phi) is 2.96. The van der Waals surface area contributed by atoms with Gasteiger partial charge in [0.05, 0.1) is 21.8 Å². The summed E-state index contributed by atoms with van der Waals surface area (Å²) in [6.45, 7) is 7.67. The highest BCUT2D eigenvalue weighted by molar-refractivity contribution is 6.64. The fraction of sp³-hybridized carbons (Fsp3) is 0.545. The molecule has 1 fully saturated rings. The van der Waals surface area contributed by atoms with E-state index in [2.05, 4.69) is 4.98 Å². The fourth-order valence-corrected chi connectivity index (χ4v) is 1.76. The van der Waals surface area contributed by atoms with Crippen LogP contribution >= 0.6 is 11.6 Å². The Morgan fingerprint density at radius 2 is 1.76 bits per heavy atom. The van der Waals surface area contributed by atoms with Crippen molar-refractivity contribution in [1.29, 1.82) is 0 Å². The number of hydrogen-bond donors (Lipinski definition) is 0. The average molecular weight is 258 g/mol. The van der Waals surface area contributed by atoms with Crippen LogP contribution < -0.4 is 5.59 Å². The monoisotopic (exact) mass is 257 g/mol. The van der Waals surface area contributed by atoms with Crippen molar-refractivity contribution in [3.8, 4) is 0 Å². The molecule has 0 N–H and O–H groups in total. The van der Waals surface area contributed by atoms with Crippen LogP contribution in [0.2, 0.25) is 5.02 Å². The van der Waals surface area contributed by atoms with Gasteiger partial charge in [-0.3, -0.25) is 4.98 Å². The lowest BCUT2D eigenvalue weighted by atomic mass is 9.84. The largest absolute Gasteiger partial charge is 0.516 e. The van der Waals surface area contributed by atoms with Crippen molar-refractivity contribution in [2.75, 3.05) is 0 Å². The van der Waals surface area contributed by atoms with Crippen LogP contribution in [0.1, 0.15) is 27.7 Å². The highest BCUT2D eigenvalue weighted by Crippen LogP contribution is 2.36. The quantitative estimate of drug-likeness (QED) is 0.723. The molecule has 6 heteroatoms. The number of aromatic nitrogens is 1. The molecule has 17 heavy (non-hydrogen) atoms. The van der Waals surface area contributed by atoms with Crippen molar-refractivity contribution >= 4 is 24.3 Å². The molecule has 0 unspecified atom stereocenters. The summed E-state index contributed by atoms with van der Waals surface area (Å²) in [5.74, 6) is -0.522. The number of halogens is 2. The summed E-state index contributed by atoms with van der Waals surface area (Å²) < 4.78 is 24.8. The Labute approximate surface area is 105 Å². The van der Waals surface area contributed by atoms with Crippen LogP contribution in [-0.4, -0.2) is 23.3 Å². The maximum Gasteiger partial charge on any atom is 0.516 e.